The second-order valence-electron chi connectivity index (χ2n) is 5.14. The van der Waals surface area contributed by atoms with E-state index in [4.69, 9.17) is 0 Å². The second-order valence-corrected chi connectivity index (χ2v) is 5.14. The zero-order valence-electron chi connectivity index (χ0n) is 11.8. The lowest BCUT2D eigenvalue weighted by Crippen LogP contribution is -1.96. The summed E-state index contributed by atoms with van der Waals surface area (Å²) in [5, 5.41) is 27.8. The third-order valence-corrected chi connectivity index (χ3v) is 3.83. The van der Waals surface area contributed by atoms with Crippen LogP contribution in [0.15, 0.2) is 48.7 Å². The number of carbonyl (C=O) groups is 1. The smallest absolute Gasteiger partial charge is 0.337 e. The molecule has 0 saturated heterocycles. The Bertz CT molecular complexity index is 1070. The number of phenolic OH excluding ortho intramolecular Hbond substituents is 1. The van der Waals surface area contributed by atoms with Crippen LogP contribution >= 0.6 is 0 Å². The van der Waals surface area contributed by atoms with Crippen LogP contribution in [0.25, 0.3) is 33.1 Å². The Kier molecular flexibility index (Phi) is 2.77. The summed E-state index contributed by atoms with van der Waals surface area (Å²) in [7, 11) is 0. The maximum atomic E-state index is 11.3. The highest BCUT2D eigenvalue weighted by Crippen LogP contribution is 2.35. The molecule has 4 rings (SSSR count). The van der Waals surface area contributed by atoms with Crippen molar-refractivity contribution in [3.63, 3.8) is 0 Å². The number of aromatic amines is 1. The van der Waals surface area contributed by atoms with Gasteiger partial charge in [-0.2, -0.15) is 5.10 Å². The van der Waals surface area contributed by atoms with Gasteiger partial charge in [-0.3, -0.25) is 10.1 Å². The van der Waals surface area contributed by atoms with Crippen molar-refractivity contribution in [2.75, 3.05) is 0 Å². The highest BCUT2D eigenvalue weighted by Gasteiger charge is 2.17. The maximum absolute atomic E-state index is 11.3. The molecule has 0 aliphatic carbocycles. The molecule has 0 amide bonds. The van der Waals surface area contributed by atoms with Gasteiger partial charge in [-0.25, -0.2) is 4.79 Å². The lowest BCUT2D eigenvalue weighted by Gasteiger charge is -2.06. The Morgan fingerprint density at radius 2 is 1.83 bits per heavy atom. The van der Waals surface area contributed by atoms with Crippen molar-refractivity contribution in [1.82, 2.24) is 15.2 Å². The first-order chi connectivity index (χ1) is 11.2. The van der Waals surface area contributed by atoms with E-state index in [1.54, 1.807) is 30.5 Å². The summed E-state index contributed by atoms with van der Waals surface area (Å²) in [5.41, 5.74) is 2.53. The Hall–Kier alpha value is -3.41. The van der Waals surface area contributed by atoms with Crippen molar-refractivity contribution in [2.45, 2.75) is 0 Å². The number of benzene rings is 2. The number of aromatic nitrogens is 3. The zero-order chi connectivity index (χ0) is 16.0. The summed E-state index contributed by atoms with van der Waals surface area (Å²) in [6.07, 6.45) is 1.61. The predicted octanol–water partition coefficient (Wildman–Crippen LogP) is 3.18. The number of para-hydroxylation sites is 1. The minimum atomic E-state index is -1.02. The molecule has 0 unspecified atom stereocenters. The van der Waals surface area contributed by atoms with Gasteiger partial charge in [0.25, 0.3) is 0 Å². The van der Waals surface area contributed by atoms with E-state index in [0.29, 0.717) is 22.1 Å². The molecule has 0 aliphatic heterocycles. The van der Waals surface area contributed by atoms with Gasteiger partial charge in [0.1, 0.15) is 16.8 Å². The number of hydrogen-bond acceptors (Lipinski definition) is 4. The number of pyridine rings is 1. The monoisotopic (exact) mass is 305 g/mol. The summed E-state index contributed by atoms with van der Waals surface area (Å²) in [5.74, 6) is -0.926. The van der Waals surface area contributed by atoms with E-state index in [9.17, 15) is 15.0 Å². The number of aromatic carboxylic acids is 1. The van der Waals surface area contributed by atoms with Gasteiger partial charge in [0, 0.05) is 22.5 Å². The average Bonchev–Trinajstić information content (AvgIpc) is 2.99. The molecule has 0 spiro atoms. The van der Waals surface area contributed by atoms with Gasteiger partial charge < -0.3 is 10.2 Å². The first-order valence-corrected chi connectivity index (χ1v) is 6.94. The number of aromatic hydroxyl groups is 1. The van der Waals surface area contributed by atoms with E-state index in [0.717, 1.165) is 10.9 Å². The molecule has 4 aromatic rings. The number of nitrogens with one attached hydrogen (secondary N) is 1. The summed E-state index contributed by atoms with van der Waals surface area (Å²) in [4.78, 5) is 15.5. The molecule has 0 radical (unpaired) electrons. The highest BCUT2D eigenvalue weighted by atomic mass is 16.4. The number of phenols is 1. The Morgan fingerprint density at radius 3 is 2.65 bits per heavy atom. The summed E-state index contributed by atoms with van der Waals surface area (Å²) in [6.45, 7) is 0. The average molecular weight is 305 g/mol. The van der Waals surface area contributed by atoms with Gasteiger partial charge in [0.05, 0.1) is 11.3 Å². The molecule has 2 aromatic carbocycles. The van der Waals surface area contributed by atoms with Crippen LogP contribution in [0.5, 0.6) is 5.75 Å². The molecule has 2 heterocycles. The minimum Gasteiger partial charge on any atom is -0.506 e. The lowest BCUT2D eigenvalue weighted by molar-refractivity contribution is 0.0699. The summed E-state index contributed by atoms with van der Waals surface area (Å²) < 4.78 is 0. The van der Waals surface area contributed by atoms with Gasteiger partial charge in [0.2, 0.25) is 0 Å². The maximum Gasteiger partial charge on any atom is 0.337 e. The third kappa shape index (κ3) is 1.92. The first kappa shape index (κ1) is 13.3. The van der Waals surface area contributed by atoms with Gasteiger partial charge in [0.15, 0.2) is 0 Å². The molecule has 0 atom stereocenters. The topological polar surface area (TPSA) is 99.1 Å². The van der Waals surface area contributed by atoms with Crippen molar-refractivity contribution in [1.29, 1.82) is 0 Å². The van der Waals surface area contributed by atoms with Crippen molar-refractivity contribution in [3.05, 3.63) is 54.2 Å². The van der Waals surface area contributed by atoms with Crippen LogP contribution in [0.2, 0.25) is 0 Å². The SMILES string of the molecule is O=C(O)c1cccc2c(-c3ccc(O)c4ncccc34)[nH]nc12. The fraction of sp³-hybridized carbons (Fsp3) is 0. The predicted molar refractivity (Wildman–Crippen MR) is 85.5 cm³/mol. The second kappa shape index (κ2) is 4.81. The number of rotatable bonds is 2. The molecule has 23 heavy (non-hydrogen) atoms. The molecular formula is C17H11N3O3. The molecule has 112 valence electrons. The van der Waals surface area contributed by atoms with Crippen LogP contribution in [0.1, 0.15) is 10.4 Å². The molecule has 0 fully saturated rings. The molecule has 0 saturated carbocycles. The third-order valence-electron chi connectivity index (χ3n) is 3.83. The number of fused-ring (bicyclic) bond motifs is 2. The minimum absolute atomic E-state index is 0.0967. The zero-order valence-corrected chi connectivity index (χ0v) is 11.8. The Labute approximate surface area is 130 Å². The fourth-order valence-corrected chi connectivity index (χ4v) is 2.79. The summed E-state index contributed by atoms with van der Waals surface area (Å²) >= 11 is 0. The van der Waals surface area contributed by atoms with E-state index in [2.05, 4.69) is 15.2 Å². The first-order valence-electron chi connectivity index (χ1n) is 6.94. The molecular weight excluding hydrogens is 294 g/mol. The number of H-pyrrole nitrogens is 1. The van der Waals surface area contributed by atoms with E-state index < -0.39 is 5.97 Å². The molecule has 6 nitrogen and oxygen atoms in total. The van der Waals surface area contributed by atoms with Gasteiger partial charge in [-0.15, -0.1) is 0 Å². The van der Waals surface area contributed by atoms with Crippen molar-refractivity contribution in [2.24, 2.45) is 0 Å². The standard InChI is InChI=1S/C17H11N3O3/c21-13-7-6-10(9-5-2-8-18-16(9)13)14-11-3-1-4-12(17(22)23)15(11)20-19-14/h1-8,21H,(H,19,20)(H,22,23). The van der Waals surface area contributed by atoms with Gasteiger partial charge >= 0.3 is 5.97 Å². The van der Waals surface area contributed by atoms with Crippen LogP contribution in [0, 0.1) is 0 Å². The van der Waals surface area contributed by atoms with Gasteiger partial charge in [-0.05, 0) is 24.3 Å². The Balaban J connectivity index is 2.07. The largest absolute Gasteiger partial charge is 0.506 e. The molecule has 0 aliphatic rings. The van der Waals surface area contributed by atoms with E-state index in [-0.39, 0.29) is 11.3 Å². The number of carboxylic acid groups (broad SMARTS) is 1. The number of nitrogens with zero attached hydrogens (tertiary/aromatic N) is 2. The van der Waals surface area contributed by atoms with Crippen LogP contribution < -0.4 is 0 Å². The quantitative estimate of drug-likeness (QED) is 0.528. The molecule has 0 bridgehead atoms. The van der Waals surface area contributed by atoms with Gasteiger partial charge in [-0.1, -0.05) is 18.2 Å². The van der Waals surface area contributed by atoms with Crippen LogP contribution in [0.3, 0.4) is 0 Å². The molecule has 6 heteroatoms. The lowest BCUT2D eigenvalue weighted by atomic mass is 10.0. The molecule has 3 N–H and O–H groups in total. The van der Waals surface area contributed by atoms with Crippen LogP contribution in [-0.2, 0) is 0 Å². The van der Waals surface area contributed by atoms with Crippen LogP contribution in [0.4, 0.5) is 0 Å². The normalized spacial score (nSPS) is 11.1. The fourth-order valence-electron chi connectivity index (χ4n) is 2.79. The van der Waals surface area contributed by atoms with Crippen molar-refractivity contribution < 1.29 is 15.0 Å². The number of hydrogen-bond donors (Lipinski definition) is 3. The number of carboxylic acids is 1. The van der Waals surface area contributed by atoms with Crippen molar-refractivity contribution >= 4 is 27.8 Å². The van der Waals surface area contributed by atoms with Crippen LogP contribution in [-0.4, -0.2) is 31.4 Å². The highest BCUT2D eigenvalue weighted by molar-refractivity contribution is 6.09. The van der Waals surface area contributed by atoms with E-state index >= 15 is 0 Å². The molecule has 2 aromatic heterocycles. The van der Waals surface area contributed by atoms with E-state index in [1.165, 1.54) is 6.07 Å². The Morgan fingerprint density at radius 1 is 1.00 bits per heavy atom. The van der Waals surface area contributed by atoms with Crippen molar-refractivity contribution in [3.8, 4) is 17.0 Å². The summed E-state index contributed by atoms with van der Waals surface area (Å²) in [6, 6.07) is 12.0. The van der Waals surface area contributed by atoms with E-state index in [1.807, 2.05) is 12.1 Å².